The normalized spacial score (nSPS) is 11.5. The fraction of sp³-hybridized carbons (Fsp3) is 0.208. The summed E-state index contributed by atoms with van der Waals surface area (Å²) in [6.45, 7) is 3.94. The maximum Gasteiger partial charge on any atom is 0.251 e. The van der Waals surface area contributed by atoms with Crippen molar-refractivity contribution in [1.29, 1.82) is 0 Å². The molecule has 0 aliphatic rings. The molecule has 0 atom stereocenters. The predicted molar refractivity (Wildman–Crippen MR) is 121 cm³/mol. The first-order valence-electron chi connectivity index (χ1n) is 9.95. The molecule has 3 rings (SSSR count). The van der Waals surface area contributed by atoms with Gasteiger partial charge in [0.25, 0.3) is 5.91 Å². The van der Waals surface area contributed by atoms with Crippen molar-refractivity contribution in [2.75, 3.05) is 7.05 Å². The number of amides is 1. The van der Waals surface area contributed by atoms with Gasteiger partial charge in [0.1, 0.15) is 11.5 Å². The summed E-state index contributed by atoms with van der Waals surface area (Å²) in [4.78, 5) is 12.7. The third-order valence-electron chi connectivity index (χ3n) is 4.88. The third-order valence-corrected chi connectivity index (χ3v) is 6.92. The van der Waals surface area contributed by atoms with Gasteiger partial charge < -0.3 is 10.1 Å². The standard InChI is InChI=1S/C24H26N2O4S/c1-18(2)26(3)31(28,29)23-15-9-19(10-16-23)17-25-24(27)20-11-13-22(14-12-20)30-21-7-5-4-6-8-21/h4-16,18H,17H2,1-3H3,(H,25,27). The van der Waals surface area contributed by atoms with Gasteiger partial charge in [0.05, 0.1) is 4.90 Å². The molecule has 0 aliphatic heterocycles. The zero-order valence-electron chi connectivity index (χ0n) is 17.8. The quantitative estimate of drug-likeness (QED) is 0.564. The highest BCUT2D eigenvalue weighted by molar-refractivity contribution is 7.89. The molecule has 0 heterocycles. The lowest BCUT2D eigenvalue weighted by Gasteiger charge is -2.21. The molecule has 162 valence electrons. The van der Waals surface area contributed by atoms with E-state index in [9.17, 15) is 13.2 Å². The number of benzene rings is 3. The van der Waals surface area contributed by atoms with Crippen LogP contribution in [0.1, 0.15) is 29.8 Å². The van der Waals surface area contributed by atoms with E-state index in [1.54, 1.807) is 55.6 Å². The van der Waals surface area contributed by atoms with E-state index in [-0.39, 0.29) is 16.8 Å². The Balaban J connectivity index is 1.58. The molecule has 0 unspecified atom stereocenters. The lowest BCUT2D eigenvalue weighted by molar-refractivity contribution is 0.0951. The summed E-state index contributed by atoms with van der Waals surface area (Å²) >= 11 is 0. The van der Waals surface area contributed by atoms with E-state index in [4.69, 9.17) is 4.74 Å². The van der Waals surface area contributed by atoms with Gasteiger partial charge in [-0.15, -0.1) is 0 Å². The predicted octanol–water partition coefficient (Wildman–Crippen LogP) is 4.44. The highest BCUT2D eigenvalue weighted by Crippen LogP contribution is 2.21. The van der Waals surface area contributed by atoms with Crippen molar-refractivity contribution in [3.05, 3.63) is 90.0 Å². The summed E-state index contributed by atoms with van der Waals surface area (Å²) in [6, 6.07) is 22.7. The minimum atomic E-state index is -3.52. The molecule has 0 bridgehead atoms. The Labute approximate surface area is 183 Å². The van der Waals surface area contributed by atoms with Crippen LogP contribution in [-0.2, 0) is 16.6 Å². The molecule has 0 aromatic heterocycles. The zero-order chi connectivity index (χ0) is 22.4. The van der Waals surface area contributed by atoms with Crippen LogP contribution in [-0.4, -0.2) is 31.7 Å². The molecule has 0 aliphatic carbocycles. The largest absolute Gasteiger partial charge is 0.457 e. The van der Waals surface area contributed by atoms with E-state index in [2.05, 4.69) is 5.32 Å². The van der Waals surface area contributed by atoms with Crippen LogP contribution in [0.3, 0.4) is 0 Å². The van der Waals surface area contributed by atoms with Crippen LogP contribution in [0, 0.1) is 0 Å². The van der Waals surface area contributed by atoms with Gasteiger partial charge in [0, 0.05) is 25.2 Å². The van der Waals surface area contributed by atoms with Crippen molar-refractivity contribution in [3.8, 4) is 11.5 Å². The summed E-state index contributed by atoms with van der Waals surface area (Å²) in [6.07, 6.45) is 0. The summed E-state index contributed by atoms with van der Waals surface area (Å²) in [5.41, 5.74) is 1.32. The SMILES string of the molecule is CC(C)N(C)S(=O)(=O)c1ccc(CNC(=O)c2ccc(Oc3ccccc3)cc2)cc1. The van der Waals surface area contributed by atoms with Gasteiger partial charge in [-0.1, -0.05) is 30.3 Å². The Bertz CT molecular complexity index is 1110. The average molecular weight is 439 g/mol. The Kier molecular flexibility index (Phi) is 7.09. The van der Waals surface area contributed by atoms with Crippen molar-refractivity contribution in [3.63, 3.8) is 0 Å². The maximum absolute atomic E-state index is 12.5. The van der Waals surface area contributed by atoms with Gasteiger partial charge in [-0.05, 0) is 67.9 Å². The van der Waals surface area contributed by atoms with Crippen LogP contribution < -0.4 is 10.1 Å². The molecule has 6 nitrogen and oxygen atoms in total. The van der Waals surface area contributed by atoms with E-state index in [1.165, 1.54) is 4.31 Å². The van der Waals surface area contributed by atoms with Gasteiger partial charge in [-0.2, -0.15) is 4.31 Å². The first-order valence-corrected chi connectivity index (χ1v) is 11.4. The van der Waals surface area contributed by atoms with Crippen LogP contribution in [0.25, 0.3) is 0 Å². The van der Waals surface area contributed by atoms with E-state index in [0.717, 1.165) is 11.3 Å². The van der Waals surface area contributed by atoms with Gasteiger partial charge >= 0.3 is 0 Å². The summed E-state index contributed by atoms with van der Waals surface area (Å²) < 4.78 is 32.1. The highest BCUT2D eigenvalue weighted by Gasteiger charge is 2.22. The Morgan fingerprint density at radius 1 is 0.903 bits per heavy atom. The molecule has 0 fully saturated rings. The number of nitrogens with one attached hydrogen (secondary N) is 1. The van der Waals surface area contributed by atoms with Crippen LogP contribution in [0.4, 0.5) is 0 Å². The molecule has 3 aromatic carbocycles. The lowest BCUT2D eigenvalue weighted by atomic mass is 10.2. The molecule has 1 amide bonds. The number of rotatable bonds is 8. The molecule has 0 spiro atoms. The van der Waals surface area contributed by atoms with Crippen molar-refractivity contribution in [1.82, 2.24) is 9.62 Å². The second-order valence-corrected chi connectivity index (χ2v) is 9.38. The van der Waals surface area contributed by atoms with Crippen LogP contribution in [0.5, 0.6) is 11.5 Å². The second kappa shape index (κ2) is 9.76. The summed E-state index contributed by atoms with van der Waals surface area (Å²) in [5, 5.41) is 2.84. The van der Waals surface area contributed by atoms with Gasteiger partial charge in [0.15, 0.2) is 0 Å². The highest BCUT2D eigenvalue weighted by atomic mass is 32.2. The van der Waals surface area contributed by atoms with E-state index >= 15 is 0 Å². The topological polar surface area (TPSA) is 75.7 Å². The van der Waals surface area contributed by atoms with Crippen molar-refractivity contribution < 1.29 is 17.9 Å². The molecule has 7 heteroatoms. The second-order valence-electron chi connectivity index (χ2n) is 7.38. The number of ether oxygens (including phenoxy) is 1. The van der Waals surface area contributed by atoms with Crippen molar-refractivity contribution in [2.24, 2.45) is 0 Å². The smallest absolute Gasteiger partial charge is 0.251 e. The first-order chi connectivity index (χ1) is 14.8. The van der Waals surface area contributed by atoms with Crippen molar-refractivity contribution in [2.45, 2.75) is 31.3 Å². The molecule has 31 heavy (non-hydrogen) atoms. The lowest BCUT2D eigenvalue weighted by Crippen LogP contribution is -2.33. The number of sulfonamides is 1. The van der Waals surface area contributed by atoms with Crippen molar-refractivity contribution >= 4 is 15.9 Å². The number of hydrogen-bond donors (Lipinski definition) is 1. The fourth-order valence-corrected chi connectivity index (χ4v) is 4.17. The van der Waals surface area contributed by atoms with Crippen LogP contribution in [0.15, 0.2) is 83.8 Å². The van der Waals surface area contributed by atoms with E-state index in [0.29, 0.717) is 17.9 Å². The molecule has 0 radical (unpaired) electrons. The Morgan fingerprint density at radius 2 is 1.48 bits per heavy atom. The average Bonchev–Trinajstić information content (AvgIpc) is 2.78. The first kappa shape index (κ1) is 22.5. The zero-order valence-corrected chi connectivity index (χ0v) is 18.6. The fourth-order valence-electron chi connectivity index (χ4n) is 2.81. The van der Waals surface area contributed by atoms with Gasteiger partial charge in [-0.3, -0.25) is 4.79 Å². The minimum absolute atomic E-state index is 0.131. The van der Waals surface area contributed by atoms with E-state index < -0.39 is 10.0 Å². The number of carbonyl (C=O) groups excluding carboxylic acids is 1. The van der Waals surface area contributed by atoms with Crippen LogP contribution >= 0.6 is 0 Å². The van der Waals surface area contributed by atoms with Crippen LogP contribution in [0.2, 0.25) is 0 Å². The molecule has 3 aromatic rings. The monoisotopic (exact) mass is 438 g/mol. The summed E-state index contributed by atoms with van der Waals surface area (Å²) in [7, 11) is -1.96. The molecule has 0 saturated heterocycles. The third kappa shape index (κ3) is 5.71. The van der Waals surface area contributed by atoms with Gasteiger partial charge in [-0.25, -0.2) is 8.42 Å². The molecule has 1 N–H and O–H groups in total. The summed E-state index contributed by atoms with van der Waals surface area (Å²) in [5.74, 6) is 1.15. The number of para-hydroxylation sites is 1. The molecule has 0 saturated carbocycles. The number of nitrogens with zero attached hydrogens (tertiary/aromatic N) is 1. The number of hydrogen-bond acceptors (Lipinski definition) is 4. The Morgan fingerprint density at radius 3 is 2.06 bits per heavy atom. The minimum Gasteiger partial charge on any atom is -0.457 e. The Hall–Kier alpha value is -3.16. The van der Waals surface area contributed by atoms with E-state index in [1.807, 2.05) is 44.2 Å². The van der Waals surface area contributed by atoms with Gasteiger partial charge in [0.2, 0.25) is 10.0 Å². The molecular weight excluding hydrogens is 412 g/mol. The maximum atomic E-state index is 12.5. The number of carbonyl (C=O) groups is 1. The molecular formula is C24H26N2O4S.